The molecule has 12 heteroatoms. The van der Waals surface area contributed by atoms with Crippen molar-refractivity contribution in [2.24, 2.45) is 7.05 Å². The van der Waals surface area contributed by atoms with E-state index in [-0.39, 0.29) is 23.6 Å². The first-order valence-electron chi connectivity index (χ1n) is 12.7. The molecule has 1 aliphatic rings. The van der Waals surface area contributed by atoms with Crippen molar-refractivity contribution in [2.75, 3.05) is 37.0 Å². The fourth-order valence-corrected chi connectivity index (χ4v) is 5.18. The minimum Gasteiger partial charge on any atom is -0.467 e. The summed E-state index contributed by atoms with van der Waals surface area (Å²) in [5, 5.41) is 7.11. The second kappa shape index (κ2) is 10.9. The molecule has 0 radical (unpaired) electrons. The van der Waals surface area contributed by atoms with Gasteiger partial charge < -0.3 is 10.1 Å². The standard InChI is InChI=1S/C28H28ClN7O4/c1-5-20-21(22-10-9-19(16-23(22)29)36-26(40-4)32-33(3)27(36)38)11-12-31-24(20)35-14-13-34(28(35)39)18-8-6-7-17(15-18)25(37)30-2/h6-12,15-16H,5,13-14H2,1-4H3,(H,30,37). The van der Waals surface area contributed by atoms with Crippen LogP contribution in [0.15, 0.2) is 59.5 Å². The van der Waals surface area contributed by atoms with Gasteiger partial charge in [0.15, 0.2) is 0 Å². The van der Waals surface area contributed by atoms with Crippen LogP contribution < -0.4 is 25.5 Å². The molecule has 0 spiro atoms. The van der Waals surface area contributed by atoms with Gasteiger partial charge in [-0.1, -0.05) is 30.7 Å². The molecular formula is C28H28ClN7O4. The van der Waals surface area contributed by atoms with Crippen molar-refractivity contribution >= 4 is 35.0 Å². The second-order valence-corrected chi connectivity index (χ2v) is 9.53. The number of nitrogens with zero attached hydrogens (tertiary/aromatic N) is 6. The summed E-state index contributed by atoms with van der Waals surface area (Å²) in [4.78, 5) is 46.2. The molecule has 0 saturated carbocycles. The van der Waals surface area contributed by atoms with Gasteiger partial charge in [-0.3, -0.25) is 14.6 Å². The highest BCUT2D eigenvalue weighted by molar-refractivity contribution is 6.33. The Bertz CT molecular complexity index is 1680. The average molecular weight is 562 g/mol. The number of aromatic nitrogens is 4. The average Bonchev–Trinajstić information content (AvgIpc) is 3.50. The Labute approximate surface area is 235 Å². The van der Waals surface area contributed by atoms with Gasteiger partial charge in [0.1, 0.15) is 5.82 Å². The van der Waals surface area contributed by atoms with Crippen molar-refractivity contribution in [3.63, 3.8) is 0 Å². The third-order valence-electron chi connectivity index (χ3n) is 6.88. The summed E-state index contributed by atoms with van der Waals surface area (Å²) in [5.74, 6) is 0.336. The first-order valence-corrected chi connectivity index (χ1v) is 13.1. The summed E-state index contributed by atoms with van der Waals surface area (Å²) >= 11 is 6.77. The van der Waals surface area contributed by atoms with Gasteiger partial charge in [-0.25, -0.2) is 23.8 Å². The number of pyridine rings is 1. The smallest absolute Gasteiger partial charge is 0.353 e. The van der Waals surface area contributed by atoms with E-state index < -0.39 is 0 Å². The van der Waals surface area contributed by atoms with Crippen LogP contribution in [-0.4, -0.2) is 58.5 Å². The van der Waals surface area contributed by atoms with Crippen LogP contribution in [0.5, 0.6) is 6.01 Å². The Balaban J connectivity index is 1.50. The molecule has 0 unspecified atom stereocenters. The molecule has 11 nitrogen and oxygen atoms in total. The van der Waals surface area contributed by atoms with E-state index in [2.05, 4.69) is 15.4 Å². The monoisotopic (exact) mass is 561 g/mol. The summed E-state index contributed by atoms with van der Waals surface area (Å²) in [7, 11) is 4.56. The lowest BCUT2D eigenvalue weighted by atomic mass is 9.98. The molecule has 2 aromatic heterocycles. The highest BCUT2D eigenvalue weighted by Crippen LogP contribution is 2.37. The molecule has 4 aromatic rings. The molecule has 1 saturated heterocycles. The minimum absolute atomic E-state index is 0.148. The highest BCUT2D eigenvalue weighted by atomic mass is 35.5. The molecule has 1 aliphatic heterocycles. The molecule has 0 aliphatic carbocycles. The molecule has 1 fully saturated rings. The Morgan fingerprint density at radius 3 is 2.52 bits per heavy atom. The lowest BCUT2D eigenvalue weighted by Crippen LogP contribution is -2.33. The number of nitrogens with one attached hydrogen (secondary N) is 1. The number of methoxy groups -OCH3 is 1. The molecule has 5 rings (SSSR count). The van der Waals surface area contributed by atoms with Gasteiger partial charge in [0.05, 0.1) is 17.8 Å². The minimum atomic E-state index is -0.362. The van der Waals surface area contributed by atoms with Crippen molar-refractivity contribution in [1.29, 1.82) is 0 Å². The zero-order valence-electron chi connectivity index (χ0n) is 22.5. The number of hydrogen-bond donors (Lipinski definition) is 1. The van der Waals surface area contributed by atoms with Crippen LogP contribution in [0.3, 0.4) is 0 Å². The quantitative estimate of drug-likeness (QED) is 0.368. The van der Waals surface area contributed by atoms with E-state index >= 15 is 0 Å². The number of halogens is 1. The van der Waals surface area contributed by atoms with Crippen molar-refractivity contribution in [3.8, 4) is 22.8 Å². The summed E-state index contributed by atoms with van der Waals surface area (Å²) in [5.41, 5.74) is 3.71. The van der Waals surface area contributed by atoms with Crippen molar-refractivity contribution in [2.45, 2.75) is 13.3 Å². The van der Waals surface area contributed by atoms with E-state index in [4.69, 9.17) is 16.3 Å². The molecule has 3 amide bonds. The Morgan fingerprint density at radius 1 is 1.05 bits per heavy atom. The van der Waals surface area contributed by atoms with Gasteiger partial charge >= 0.3 is 17.7 Å². The number of rotatable bonds is 7. The van der Waals surface area contributed by atoms with Gasteiger partial charge in [-0.2, -0.15) is 0 Å². The molecule has 0 atom stereocenters. The molecule has 3 heterocycles. The number of amides is 3. The van der Waals surface area contributed by atoms with E-state index in [0.717, 1.165) is 16.7 Å². The van der Waals surface area contributed by atoms with Crippen LogP contribution in [0.2, 0.25) is 5.02 Å². The van der Waals surface area contributed by atoms with E-state index in [9.17, 15) is 14.4 Å². The van der Waals surface area contributed by atoms with Crippen molar-refractivity contribution in [3.05, 3.63) is 81.4 Å². The molecule has 206 valence electrons. The van der Waals surface area contributed by atoms with E-state index in [1.54, 1.807) is 60.4 Å². The van der Waals surface area contributed by atoms with Gasteiger partial charge in [-0.15, -0.1) is 5.10 Å². The van der Waals surface area contributed by atoms with Crippen LogP contribution in [0, 0.1) is 0 Å². The molecule has 2 aromatic carbocycles. The first kappa shape index (κ1) is 26.9. The lowest BCUT2D eigenvalue weighted by Gasteiger charge is -2.22. The summed E-state index contributed by atoms with van der Waals surface area (Å²) in [6.45, 7) is 2.88. The van der Waals surface area contributed by atoms with Gasteiger partial charge in [-0.05, 0) is 48.4 Å². The lowest BCUT2D eigenvalue weighted by molar-refractivity contribution is 0.0963. The van der Waals surface area contributed by atoms with Crippen molar-refractivity contribution in [1.82, 2.24) is 24.6 Å². The fourth-order valence-electron chi connectivity index (χ4n) is 4.90. The first-order chi connectivity index (χ1) is 19.3. The number of anilines is 2. The number of benzene rings is 2. The molecule has 40 heavy (non-hydrogen) atoms. The van der Waals surface area contributed by atoms with Gasteiger partial charge in [0, 0.05) is 55.8 Å². The SMILES string of the molecule is CCc1c(-c2ccc(-n3c(OC)nn(C)c3=O)cc2Cl)ccnc1N1CCN(c2cccc(C(=O)NC)c2)C1=O. The topological polar surface area (TPSA) is 115 Å². The van der Waals surface area contributed by atoms with Crippen LogP contribution in [0.1, 0.15) is 22.8 Å². The van der Waals surface area contributed by atoms with Crippen LogP contribution >= 0.6 is 11.6 Å². The Morgan fingerprint density at radius 2 is 1.82 bits per heavy atom. The number of hydrogen-bond acceptors (Lipinski definition) is 6. The maximum atomic E-state index is 13.6. The maximum absolute atomic E-state index is 13.6. The largest absolute Gasteiger partial charge is 0.467 e. The zero-order chi connectivity index (χ0) is 28.6. The number of aryl methyl sites for hydroxylation is 1. The summed E-state index contributed by atoms with van der Waals surface area (Å²) in [6.07, 6.45) is 2.26. The molecule has 1 N–H and O–H groups in total. The number of urea groups is 1. The number of carbonyl (C=O) groups is 2. The number of carbonyl (C=O) groups excluding carboxylic acids is 2. The number of ether oxygens (including phenoxy) is 1. The van der Waals surface area contributed by atoms with Gasteiger partial charge in [0.2, 0.25) is 0 Å². The summed E-state index contributed by atoms with van der Waals surface area (Å²) < 4.78 is 7.79. The molecule has 0 bridgehead atoms. The zero-order valence-corrected chi connectivity index (χ0v) is 23.3. The van der Waals surface area contributed by atoms with E-state index in [0.29, 0.717) is 47.3 Å². The normalized spacial score (nSPS) is 13.2. The van der Waals surface area contributed by atoms with Crippen LogP contribution in [0.4, 0.5) is 16.3 Å². The molecular weight excluding hydrogens is 534 g/mol. The summed E-state index contributed by atoms with van der Waals surface area (Å²) in [6, 6.07) is 14.1. The van der Waals surface area contributed by atoms with Crippen LogP contribution in [-0.2, 0) is 13.5 Å². The van der Waals surface area contributed by atoms with Crippen LogP contribution in [0.25, 0.3) is 16.8 Å². The predicted octanol–water partition coefficient (Wildman–Crippen LogP) is 3.66. The van der Waals surface area contributed by atoms with E-state index in [1.165, 1.54) is 16.4 Å². The third kappa shape index (κ3) is 4.58. The Hall–Kier alpha value is -4.64. The Kier molecular flexibility index (Phi) is 7.31. The van der Waals surface area contributed by atoms with Gasteiger partial charge in [0.25, 0.3) is 5.91 Å². The van der Waals surface area contributed by atoms with Crippen molar-refractivity contribution < 1.29 is 14.3 Å². The predicted molar refractivity (Wildman–Crippen MR) is 153 cm³/mol. The third-order valence-corrected chi connectivity index (χ3v) is 7.19. The highest BCUT2D eigenvalue weighted by Gasteiger charge is 2.33. The maximum Gasteiger partial charge on any atom is 0.353 e. The van der Waals surface area contributed by atoms with E-state index in [1.807, 2.05) is 25.1 Å². The second-order valence-electron chi connectivity index (χ2n) is 9.12. The fraction of sp³-hybridized carbons (Fsp3) is 0.250.